The maximum atomic E-state index is 11.8. The Morgan fingerprint density at radius 1 is 1.40 bits per heavy atom. The zero-order valence-corrected chi connectivity index (χ0v) is 12.2. The highest BCUT2D eigenvalue weighted by molar-refractivity contribution is 7.88. The summed E-state index contributed by atoms with van der Waals surface area (Å²) in [7, 11) is -1.06. The van der Waals surface area contributed by atoms with Crippen molar-refractivity contribution < 1.29 is 27.5 Å². The van der Waals surface area contributed by atoms with Crippen LogP contribution in [0.3, 0.4) is 0 Å². The Balaban J connectivity index is 2.91. The maximum Gasteiger partial charge on any atom is 0.305 e. The number of carbonyl (C=O) groups excluding carboxylic acids is 1. The number of sulfonamides is 1. The monoisotopic (exact) mass is 304 g/mol. The van der Waals surface area contributed by atoms with Gasteiger partial charge in [-0.2, -0.15) is 0 Å². The van der Waals surface area contributed by atoms with E-state index in [2.05, 4.69) is 5.32 Å². The number of carbonyl (C=O) groups is 2. The molecular formula is C11H16N2O6S. The lowest BCUT2D eigenvalue weighted by molar-refractivity contribution is -0.136. The zero-order valence-electron chi connectivity index (χ0n) is 11.3. The summed E-state index contributed by atoms with van der Waals surface area (Å²) in [6.45, 7) is 1.41. The van der Waals surface area contributed by atoms with Crippen LogP contribution in [0, 0.1) is 6.92 Å². The first-order valence-electron chi connectivity index (χ1n) is 5.69. The molecule has 0 fully saturated rings. The second-order valence-electron chi connectivity index (χ2n) is 4.22. The molecule has 0 aliphatic rings. The number of rotatable bonds is 6. The molecule has 0 unspecified atom stereocenters. The first kappa shape index (κ1) is 16.2. The zero-order chi connectivity index (χ0) is 15.5. The molecular weight excluding hydrogens is 288 g/mol. The van der Waals surface area contributed by atoms with Gasteiger partial charge in [-0.1, -0.05) is 0 Å². The lowest BCUT2D eigenvalue weighted by atomic mass is 10.2. The minimum atomic E-state index is -3.75. The molecule has 0 saturated carbocycles. The van der Waals surface area contributed by atoms with Crippen molar-refractivity contribution in [2.75, 3.05) is 20.6 Å². The SMILES string of the molecule is Cc1oc(S(=O)(=O)N(C)C)cc1C(=O)NCCC(=O)O. The third kappa shape index (κ3) is 3.58. The summed E-state index contributed by atoms with van der Waals surface area (Å²) in [5, 5.41) is 10.5. The summed E-state index contributed by atoms with van der Waals surface area (Å²) in [6.07, 6.45) is -0.217. The first-order chi connectivity index (χ1) is 9.16. The average molecular weight is 304 g/mol. The molecule has 1 amide bonds. The molecule has 0 saturated heterocycles. The van der Waals surface area contributed by atoms with Crippen molar-refractivity contribution in [3.8, 4) is 0 Å². The van der Waals surface area contributed by atoms with Gasteiger partial charge in [-0.05, 0) is 6.92 Å². The normalized spacial score (nSPS) is 11.6. The maximum absolute atomic E-state index is 11.8. The van der Waals surface area contributed by atoms with E-state index >= 15 is 0 Å². The molecule has 9 heteroatoms. The van der Waals surface area contributed by atoms with Gasteiger partial charge in [-0.3, -0.25) is 9.59 Å². The van der Waals surface area contributed by atoms with Crippen molar-refractivity contribution in [1.82, 2.24) is 9.62 Å². The van der Waals surface area contributed by atoms with E-state index in [-0.39, 0.29) is 29.4 Å². The van der Waals surface area contributed by atoms with Gasteiger partial charge in [0.05, 0.1) is 12.0 Å². The topological polar surface area (TPSA) is 117 Å². The Labute approximate surface area is 116 Å². The number of furan rings is 1. The molecule has 0 atom stereocenters. The van der Waals surface area contributed by atoms with E-state index in [0.717, 1.165) is 10.4 Å². The van der Waals surface area contributed by atoms with Gasteiger partial charge in [0.2, 0.25) is 5.09 Å². The van der Waals surface area contributed by atoms with Crippen LogP contribution in [0.15, 0.2) is 15.6 Å². The first-order valence-corrected chi connectivity index (χ1v) is 7.13. The Morgan fingerprint density at radius 3 is 2.50 bits per heavy atom. The molecule has 0 bridgehead atoms. The van der Waals surface area contributed by atoms with Gasteiger partial charge in [0.15, 0.2) is 0 Å². The number of aliphatic carboxylic acids is 1. The number of nitrogens with zero attached hydrogens (tertiary/aromatic N) is 1. The van der Waals surface area contributed by atoms with Crippen LogP contribution in [0.5, 0.6) is 0 Å². The smallest absolute Gasteiger partial charge is 0.305 e. The predicted molar refractivity (Wildman–Crippen MR) is 68.9 cm³/mol. The van der Waals surface area contributed by atoms with Crippen LogP contribution in [0.25, 0.3) is 0 Å². The molecule has 1 aromatic rings. The van der Waals surface area contributed by atoms with Gasteiger partial charge in [0.25, 0.3) is 15.9 Å². The van der Waals surface area contributed by atoms with E-state index in [0.29, 0.717) is 0 Å². The molecule has 8 nitrogen and oxygen atoms in total. The molecule has 0 radical (unpaired) electrons. The molecule has 2 N–H and O–H groups in total. The molecule has 0 spiro atoms. The standard InChI is InChI=1S/C11H16N2O6S/c1-7-8(11(16)12-5-4-9(14)15)6-10(19-7)20(17,18)13(2)3/h6H,4-5H2,1-3H3,(H,12,16)(H,14,15). The van der Waals surface area contributed by atoms with Gasteiger partial charge in [0, 0.05) is 26.7 Å². The Bertz CT molecular complexity index is 617. The third-order valence-electron chi connectivity index (χ3n) is 2.50. The number of nitrogens with one attached hydrogen (secondary N) is 1. The molecule has 0 aromatic carbocycles. The second-order valence-corrected chi connectivity index (χ2v) is 6.31. The highest BCUT2D eigenvalue weighted by Crippen LogP contribution is 2.21. The van der Waals surface area contributed by atoms with Crippen molar-refractivity contribution in [2.24, 2.45) is 0 Å². The van der Waals surface area contributed by atoms with Crippen LogP contribution in [0.1, 0.15) is 22.5 Å². The van der Waals surface area contributed by atoms with E-state index in [4.69, 9.17) is 9.52 Å². The Hall–Kier alpha value is -1.87. The van der Waals surface area contributed by atoms with Gasteiger partial charge in [-0.25, -0.2) is 12.7 Å². The Morgan fingerprint density at radius 2 is 2.00 bits per heavy atom. The highest BCUT2D eigenvalue weighted by Gasteiger charge is 2.25. The largest absolute Gasteiger partial charge is 0.481 e. The van der Waals surface area contributed by atoms with E-state index < -0.39 is 21.9 Å². The minimum Gasteiger partial charge on any atom is -0.481 e. The van der Waals surface area contributed by atoms with Crippen LogP contribution in [-0.4, -0.2) is 50.3 Å². The summed E-state index contributed by atoms with van der Waals surface area (Å²) < 4.78 is 29.7. The van der Waals surface area contributed by atoms with E-state index in [1.165, 1.54) is 21.0 Å². The van der Waals surface area contributed by atoms with E-state index in [1.54, 1.807) is 0 Å². The van der Waals surface area contributed by atoms with Crippen LogP contribution in [-0.2, 0) is 14.8 Å². The molecule has 20 heavy (non-hydrogen) atoms. The molecule has 1 heterocycles. The van der Waals surface area contributed by atoms with Crippen LogP contribution < -0.4 is 5.32 Å². The summed E-state index contributed by atoms with van der Waals surface area (Å²) >= 11 is 0. The van der Waals surface area contributed by atoms with E-state index in [1.807, 2.05) is 0 Å². The predicted octanol–water partition coefficient (Wildman–Crippen LogP) is 0.0428. The summed E-state index contributed by atoms with van der Waals surface area (Å²) in [6, 6.07) is 1.13. The fourth-order valence-electron chi connectivity index (χ4n) is 1.37. The Kier molecular flexibility index (Phi) is 4.90. The van der Waals surface area contributed by atoms with Crippen LogP contribution in [0.4, 0.5) is 0 Å². The third-order valence-corrected chi connectivity index (χ3v) is 4.17. The summed E-state index contributed by atoms with van der Waals surface area (Å²) in [4.78, 5) is 22.1. The van der Waals surface area contributed by atoms with Crippen LogP contribution >= 0.6 is 0 Å². The van der Waals surface area contributed by atoms with Gasteiger partial charge in [0.1, 0.15) is 5.76 Å². The molecule has 1 aromatic heterocycles. The average Bonchev–Trinajstić information content (AvgIpc) is 2.71. The molecule has 0 aliphatic heterocycles. The summed E-state index contributed by atoms with van der Waals surface area (Å²) in [5.74, 6) is -1.46. The molecule has 1 rings (SSSR count). The van der Waals surface area contributed by atoms with Crippen LogP contribution in [0.2, 0.25) is 0 Å². The number of hydrogen-bond donors (Lipinski definition) is 2. The lowest BCUT2D eigenvalue weighted by Crippen LogP contribution is -2.26. The van der Waals surface area contributed by atoms with Crippen molar-refractivity contribution in [3.63, 3.8) is 0 Å². The number of carboxylic acids is 1. The number of carboxylic acid groups (broad SMARTS) is 1. The molecule has 112 valence electrons. The lowest BCUT2D eigenvalue weighted by Gasteiger charge is -2.07. The number of amides is 1. The van der Waals surface area contributed by atoms with Crippen molar-refractivity contribution >= 4 is 21.9 Å². The fraction of sp³-hybridized carbons (Fsp3) is 0.455. The van der Waals surface area contributed by atoms with Crippen molar-refractivity contribution in [2.45, 2.75) is 18.4 Å². The van der Waals surface area contributed by atoms with E-state index in [9.17, 15) is 18.0 Å². The molecule has 0 aliphatic carbocycles. The van der Waals surface area contributed by atoms with Crippen molar-refractivity contribution in [3.05, 3.63) is 17.4 Å². The van der Waals surface area contributed by atoms with Gasteiger partial charge < -0.3 is 14.8 Å². The fourth-order valence-corrected chi connectivity index (χ4v) is 2.22. The minimum absolute atomic E-state index is 0.0471. The number of hydrogen-bond acceptors (Lipinski definition) is 5. The van der Waals surface area contributed by atoms with Gasteiger partial charge in [-0.15, -0.1) is 0 Å². The second kappa shape index (κ2) is 6.06. The highest BCUT2D eigenvalue weighted by atomic mass is 32.2. The van der Waals surface area contributed by atoms with Gasteiger partial charge >= 0.3 is 5.97 Å². The quantitative estimate of drug-likeness (QED) is 0.766. The van der Waals surface area contributed by atoms with Crippen molar-refractivity contribution in [1.29, 1.82) is 0 Å². The summed E-state index contributed by atoms with van der Waals surface area (Å²) in [5.41, 5.74) is 0.0656. The number of aryl methyl sites for hydroxylation is 1.